The van der Waals surface area contributed by atoms with E-state index in [1.54, 1.807) is 19.1 Å². The van der Waals surface area contributed by atoms with Crippen LogP contribution in [0.1, 0.15) is 82.1 Å². The molecule has 0 bridgehead atoms. The summed E-state index contributed by atoms with van der Waals surface area (Å²) in [6.45, 7) is 4.72. The first-order chi connectivity index (χ1) is 31.9. The van der Waals surface area contributed by atoms with Crippen molar-refractivity contribution in [2.24, 2.45) is 0 Å². The fourth-order valence-corrected chi connectivity index (χ4v) is 8.42. The average Bonchev–Trinajstić information content (AvgIpc) is 4.02. The SMILES string of the molecule is CC[C@@]1(O)C(=O)OCc2c1cc1n(c2=O)Cc2c-1nc1cc3c(c(Cl)c1c2CNC(=O)COCNC(=O)[C@H](C)NC(=O)[C@H](C)NC(=O)[C@H](C)NC(=O)CCCCCN1C(=O)C=CC1=O)OCO3. The van der Waals surface area contributed by atoms with Crippen LogP contribution in [0.3, 0.4) is 0 Å². The van der Waals surface area contributed by atoms with Gasteiger partial charge in [0, 0.05) is 54.2 Å². The average molecular weight is 949 g/mol. The Morgan fingerprint density at radius 2 is 1.55 bits per heavy atom. The molecule has 4 aliphatic rings. The zero-order chi connectivity index (χ0) is 48.3. The molecule has 2 aromatic heterocycles. The van der Waals surface area contributed by atoms with Crippen LogP contribution >= 0.6 is 11.6 Å². The molecule has 67 heavy (non-hydrogen) atoms. The number of aromatic nitrogens is 2. The lowest BCUT2D eigenvalue weighted by Gasteiger charge is -2.31. The number of unbranched alkanes of at least 4 members (excludes halogenated alkanes) is 2. The molecular weight excluding hydrogens is 900 g/mol. The summed E-state index contributed by atoms with van der Waals surface area (Å²) in [4.78, 5) is 120. The number of hydrogen-bond donors (Lipinski definition) is 6. The van der Waals surface area contributed by atoms with Gasteiger partial charge in [0.05, 0.1) is 34.0 Å². The molecule has 4 aliphatic heterocycles. The van der Waals surface area contributed by atoms with E-state index in [0.717, 1.165) is 4.90 Å². The van der Waals surface area contributed by atoms with Crippen LogP contribution < -0.4 is 41.6 Å². The van der Waals surface area contributed by atoms with Gasteiger partial charge in [0.15, 0.2) is 17.1 Å². The van der Waals surface area contributed by atoms with Crippen molar-refractivity contribution >= 4 is 69.8 Å². The fourth-order valence-electron chi connectivity index (χ4n) is 8.06. The summed E-state index contributed by atoms with van der Waals surface area (Å²) < 4.78 is 23.2. The number of carbonyl (C=O) groups excluding carboxylic acids is 8. The number of amides is 7. The van der Waals surface area contributed by atoms with Gasteiger partial charge >= 0.3 is 5.97 Å². The number of pyridine rings is 2. The molecule has 1 aromatic carbocycles. The van der Waals surface area contributed by atoms with E-state index in [9.17, 15) is 48.3 Å². The summed E-state index contributed by atoms with van der Waals surface area (Å²) in [6, 6.07) is 0.0685. The van der Waals surface area contributed by atoms with Crippen molar-refractivity contribution in [3.05, 3.63) is 61.9 Å². The van der Waals surface area contributed by atoms with E-state index in [0.29, 0.717) is 58.4 Å². The number of imide groups is 1. The number of rotatable bonds is 19. The van der Waals surface area contributed by atoms with Crippen LogP contribution in [0.25, 0.3) is 22.3 Å². The van der Waals surface area contributed by atoms with Crippen LogP contribution in [0.15, 0.2) is 29.1 Å². The Morgan fingerprint density at radius 3 is 2.25 bits per heavy atom. The van der Waals surface area contributed by atoms with Crippen molar-refractivity contribution in [3.63, 3.8) is 0 Å². The Hall–Kier alpha value is -6.91. The van der Waals surface area contributed by atoms with Gasteiger partial charge in [-0.1, -0.05) is 24.9 Å². The van der Waals surface area contributed by atoms with E-state index < -0.39 is 78.1 Å². The van der Waals surface area contributed by atoms with Crippen molar-refractivity contribution in [2.45, 2.75) is 103 Å². The van der Waals surface area contributed by atoms with Gasteiger partial charge in [-0.15, -0.1) is 0 Å². The quantitative estimate of drug-likeness (QED) is 0.0316. The highest BCUT2D eigenvalue weighted by molar-refractivity contribution is 6.37. The number of nitrogens with one attached hydrogen (secondary N) is 5. The topological polar surface area (TPSA) is 292 Å². The number of carbonyl (C=O) groups is 8. The zero-order valence-electron chi connectivity index (χ0n) is 37.0. The lowest BCUT2D eigenvalue weighted by molar-refractivity contribution is -0.172. The molecule has 0 fully saturated rings. The summed E-state index contributed by atoms with van der Waals surface area (Å²) >= 11 is 6.87. The minimum Gasteiger partial charge on any atom is -0.458 e. The normalized spacial score (nSPS) is 17.8. The van der Waals surface area contributed by atoms with Gasteiger partial charge in [0.1, 0.15) is 38.1 Å². The molecule has 0 unspecified atom stereocenters. The first kappa shape index (κ1) is 48.0. The van der Waals surface area contributed by atoms with Crippen molar-refractivity contribution < 1.29 is 62.4 Å². The van der Waals surface area contributed by atoms with E-state index in [-0.39, 0.29) is 79.6 Å². The van der Waals surface area contributed by atoms with E-state index in [4.69, 9.17) is 35.5 Å². The summed E-state index contributed by atoms with van der Waals surface area (Å²) in [5, 5.41) is 24.7. The lowest BCUT2D eigenvalue weighted by Crippen LogP contribution is -2.54. The molecule has 6 N–H and O–H groups in total. The smallest absolute Gasteiger partial charge is 0.343 e. The molecule has 7 amide bonds. The Labute approximate surface area is 387 Å². The van der Waals surface area contributed by atoms with E-state index in [1.165, 1.54) is 37.5 Å². The van der Waals surface area contributed by atoms with Crippen LogP contribution in [-0.4, -0.2) is 112 Å². The van der Waals surface area contributed by atoms with Gasteiger partial charge in [-0.05, 0) is 51.7 Å². The first-order valence-electron chi connectivity index (χ1n) is 21.6. The molecule has 0 saturated heterocycles. The number of aliphatic hydroxyl groups is 1. The maximum absolute atomic E-state index is 13.9. The second-order valence-electron chi connectivity index (χ2n) is 16.4. The number of cyclic esters (lactones) is 1. The molecule has 0 radical (unpaired) electrons. The number of halogens is 1. The summed E-state index contributed by atoms with van der Waals surface area (Å²) in [5.74, 6) is -3.91. The van der Waals surface area contributed by atoms with Gasteiger partial charge < -0.3 is 55.2 Å². The third kappa shape index (κ3) is 9.81. The Morgan fingerprint density at radius 1 is 0.866 bits per heavy atom. The molecular formula is C44H49ClN8O14. The van der Waals surface area contributed by atoms with Gasteiger partial charge in [-0.3, -0.25) is 43.3 Å². The van der Waals surface area contributed by atoms with Gasteiger partial charge in [0.25, 0.3) is 17.4 Å². The van der Waals surface area contributed by atoms with Gasteiger partial charge in [-0.25, -0.2) is 9.78 Å². The summed E-state index contributed by atoms with van der Waals surface area (Å²) in [5.41, 5.74) is -0.104. The second kappa shape index (κ2) is 19.9. The number of fused-ring (bicyclic) bond motifs is 6. The van der Waals surface area contributed by atoms with Crippen LogP contribution in [0.5, 0.6) is 11.5 Å². The van der Waals surface area contributed by atoms with Crippen LogP contribution in [0, 0.1) is 0 Å². The number of hydrogen-bond acceptors (Lipinski definition) is 15. The predicted octanol–water partition coefficient (Wildman–Crippen LogP) is 0.168. The largest absolute Gasteiger partial charge is 0.458 e. The van der Waals surface area contributed by atoms with E-state index in [2.05, 4.69) is 26.6 Å². The fraction of sp³-hybridized carbons (Fsp3) is 0.455. The number of benzene rings is 1. The number of esters is 1. The molecule has 22 nitrogen and oxygen atoms in total. The standard InChI is InChI=1S/C44H49ClN8O14/c1-5-44(63)27-13-29-37-25(16-53(29)42(61)26(27)17-65-43(44)62)24(35-28(51-37)14-30-38(36(35)45)67-20-66-30)15-46-32(55)18-64-19-47-39(58)21(2)49-41(60)23(4)50-40(59)22(3)48-31(54)9-7-6-8-12-52-33(56)10-11-34(52)57/h10-11,13-14,21-23,63H,5-9,12,15-20H2,1-4H3,(H,46,55)(H,47,58)(H,48,54)(H,49,60)(H,50,59)/t21-,22-,23-,44-/m0/s1. The first-order valence-corrected chi connectivity index (χ1v) is 22.0. The molecule has 7 rings (SSSR count). The van der Waals surface area contributed by atoms with Crippen molar-refractivity contribution in [2.75, 3.05) is 26.7 Å². The maximum atomic E-state index is 13.9. The van der Waals surface area contributed by atoms with Crippen LogP contribution in [0.4, 0.5) is 0 Å². The molecule has 0 aliphatic carbocycles. The van der Waals surface area contributed by atoms with Crippen molar-refractivity contribution in [3.8, 4) is 22.9 Å². The molecule has 6 heterocycles. The zero-order valence-corrected chi connectivity index (χ0v) is 37.8. The molecule has 3 aromatic rings. The summed E-state index contributed by atoms with van der Waals surface area (Å²) in [7, 11) is 0. The number of nitrogens with zero attached hydrogens (tertiary/aromatic N) is 3. The molecule has 356 valence electrons. The second-order valence-corrected chi connectivity index (χ2v) is 16.7. The van der Waals surface area contributed by atoms with E-state index >= 15 is 0 Å². The third-order valence-electron chi connectivity index (χ3n) is 11.9. The Balaban J connectivity index is 0.880. The van der Waals surface area contributed by atoms with Crippen molar-refractivity contribution in [1.82, 2.24) is 41.0 Å². The highest BCUT2D eigenvalue weighted by atomic mass is 35.5. The lowest BCUT2D eigenvalue weighted by atomic mass is 9.86. The Bertz CT molecular complexity index is 2670. The van der Waals surface area contributed by atoms with Gasteiger partial charge in [0.2, 0.25) is 36.3 Å². The third-order valence-corrected chi connectivity index (χ3v) is 12.2. The number of ether oxygens (including phenoxy) is 4. The highest BCUT2D eigenvalue weighted by Crippen LogP contribution is 2.47. The molecule has 4 atom stereocenters. The molecule has 0 saturated carbocycles. The monoisotopic (exact) mass is 948 g/mol. The molecule has 0 spiro atoms. The molecule has 23 heteroatoms. The Kier molecular flexibility index (Phi) is 14.3. The summed E-state index contributed by atoms with van der Waals surface area (Å²) in [6.07, 6.45) is 4.06. The highest BCUT2D eigenvalue weighted by Gasteiger charge is 2.45. The minimum atomic E-state index is -2.04. The van der Waals surface area contributed by atoms with Crippen LogP contribution in [-0.2, 0) is 73.1 Å². The van der Waals surface area contributed by atoms with Gasteiger partial charge in [-0.2, -0.15) is 0 Å². The predicted molar refractivity (Wildman–Crippen MR) is 234 cm³/mol. The maximum Gasteiger partial charge on any atom is 0.343 e. The minimum absolute atomic E-state index is 0.0191. The van der Waals surface area contributed by atoms with Crippen molar-refractivity contribution in [1.29, 1.82) is 0 Å². The van der Waals surface area contributed by atoms with Crippen LogP contribution in [0.2, 0.25) is 5.02 Å². The van der Waals surface area contributed by atoms with E-state index in [1.807, 2.05) is 0 Å².